The Morgan fingerprint density at radius 3 is 2.83 bits per heavy atom. The molecule has 2 heterocycles. The van der Waals surface area contributed by atoms with Crippen molar-refractivity contribution in [3.05, 3.63) is 35.0 Å². The van der Waals surface area contributed by atoms with Crippen molar-refractivity contribution in [1.82, 2.24) is 9.55 Å². The summed E-state index contributed by atoms with van der Waals surface area (Å²) in [5.74, 6) is 0.979. The number of benzene rings is 1. The molecule has 24 heavy (non-hydrogen) atoms. The van der Waals surface area contributed by atoms with Crippen molar-refractivity contribution in [3.63, 3.8) is 0 Å². The minimum absolute atomic E-state index is 0.123. The van der Waals surface area contributed by atoms with Crippen LogP contribution in [0.1, 0.15) is 29.7 Å². The lowest BCUT2D eigenvalue weighted by atomic mass is 9.92. The molecule has 1 aromatic carbocycles. The number of thioether (sulfide) groups is 1. The Hall–Kier alpha value is -1.98. The first-order chi connectivity index (χ1) is 11.6. The molecule has 2 aromatic rings. The van der Waals surface area contributed by atoms with Crippen molar-refractivity contribution in [3.8, 4) is 6.07 Å². The van der Waals surface area contributed by atoms with Crippen LogP contribution in [0.3, 0.4) is 0 Å². The minimum Gasteiger partial charge on any atom is -0.308 e. The fourth-order valence-electron chi connectivity index (χ4n) is 3.23. The molecule has 1 aromatic heterocycles. The minimum atomic E-state index is -3.75. The number of anilines is 1. The van der Waals surface area contributed by atoms with E-state index >= 15 is 0 Å². The molecule has 1 aliphatic heterocycles. The molecule has 6 nitrogen and oxygen atoms in total. The van der Waals surface area contributed by atoms with E-state index in [1.54, 1.807) is 16.7 Å². The first-order valence-electron chi connectivity index (χ1n) is 7.86. The molecule has 4 rings (SSSR count). The van der Waals surface area contributed by atoms with Crippen LogP contribution in [0.4, 0.5) is 5.82 Å². The Morgan fingerprint density at radius 2 is 2.04 bits per heavy atom. The van der Waals surface area contributed by atoms with Crippen LogP contribution in [-0.4, -0.2) is 23.7 Å². The van der Waals surface area contributed by atoms with E-state index in [0.717, 1.165) is 37.0 Å². The van der Waals surface area contributed by atoms with E-state index in [0.29, 0.717) is 11.7 Å². The number of hydrogen-bond acceptors (Lipinski definition) is 5. The average Bonchev–Trinajstić information content (AvgIpc) is 3.14. The highest BCUT2D eigenvalue weighted by atomic mass is 32.2. The highest BCUT2D eigenvalue weighted by molar-refractivity contribution is 7.99. The van der Waals surface area contributed by atoms with E-state index in [-0.39, 0.29) is 16.4 Å². The SMILES string of the molecule is N#Cc1c(NS(=O)(=O)c2ccc3c(c2)CCCC3)nc2n1CCS2. The zero-order chi connectivity index (χ0) is 16.7. The van der Waals surface area contributed by atoms with Gasteiger partial charge in [0.2, 0.25) is 0 Å². The van der Waals surface area contributed by atoms with E-state index in [1.165, 1.54) is 17.3 Å². The Bertz CT molecular complexity index is 957. The first kappa shape index (κ1) is 15.5. The molecule has 0 amide bonds. The van der Waals surface area contributed by atoms with Gasteiger partial charge < -0.3 is 4.57 Å². The van der Waals surface area contributed by atoms with E-state index in [1.807, 2.05) is 6.07 Å². The van der Waals surface area contributed by atoms with Crippen LogP contribution in [0, 0.1) is 11.3 Å². The van der Waals surface area contributed by atoms with Crippen molar-refractivity contribution >= 4 is 27.6 Å². The highest BCUT2D eigenvalue weighted by Gasteiger charge is 2.26. The van der Waals surface area contributed by atoms with Gasteiger partial charge in [-0.3, -0.25) is 4.72 Å². The number of nitrogens with zero attached hydrogens (tertiary/aromatic N) is 3. The fourth-order valence-corrected chi connectivity index (χ4v) is 5.24. The number of aryl methyl sites for hydroxylation is 2. The van der Waals surface area contributed by atoms with Crippen LogP contribution >= 0.6 is 11.8 Å². The fraction of sp³-hybridized carbons (Fsp3) is 0.375. The van der Waals surface area contributed by atoms with Gasteiger partial charge in [-0.05, 0) is 48.9 Å². The summed E-state index contributed by atoms with van der Waals surface area (Å²) >= 11 is 1.52. The Morgan fingerprint density at radius 1 is 1.25 bits per heavy atom. The van der Waals surface area contributed by atoms with E-state index < -0.39 is 10.0 Å². The second-order valence-corrected chi connectivity index (χ2v) is 8.69. The molecule has 0 radical (unpaired) electrons. The second kappa shape index (κ2) is 5.83. The predicted molar refractivity (Wildman–Crippen MR) is 91.6 cm³/mol. The van der Waals surface area contributed by atoms with Crippen LogP contribution < -0.4 is 4.72 Å². The molecule has 2 aliphatic rings. The Kier molecular flexibility index (Phi) is 3.77. The maximum absolute atomic E-state index is 12.7. The molecule has 1 N–H and O–H groups in total. The summed E-state index contributed by atoms with van der Waals surface area (Å²) in [6, 6.07) is 7.35. The van der Waals surface area contributed by atoms with Gasteiger partial charge in [0, 0.05) is 12.3 Å². The van der Waals surface area contributed by atoms with Gasteiger partial charge in [0.05, 0.1) is 4.90 Å². The molecule has 0 atom stereocenters. The summed E-state index contributed by atoms with van der Waals surface area (Å²) in [5, 5.41) is 10.0. The molecular formula is C16H16N4O2S2. The average molecular weight is 360 g/mol. The molecule has 0 saturated carbocycles. The lowest BCUT2D eigenvalue weighted by molar-refractivity contribution is 0.600. The van der Waals surface area contributed by atoms with Gasteiger partial charge in [0.15, 0.2) is 16.7 Å². The number of fused-ring (bicyclic) bond motifs is 2. The van der Waals surface area contributed by atoms with Gasteiger partial charge in [-0.15, -0.1) is 0 Å². The third-order valence-corrected chi connectivity index (χ3v) is 6.74. The number of nitrogens with one attached hydrogen (secondary N) is 1. The van der Waals surface area contributed by atoms with Crippen molar-refractivity contribution in [1.29, 1.82) is 5.26 Å². The molecule has 0 unspecified atom stereocenters. The standard InChI is InChI=1S/C16H16N4O2S2/c17-10-14-15(18-16-20(14)7-8-23-16)19-24(21,22)13-6-5-11-3-1-2-4-12(11)9-13/h5-6,9,19H,1-4,7-8H2. The maximum atomic E-state index is 12.7. The summed E-state index contributed by atoms with van der Waals surface area (Å²) < 4.78 is 29.7. The molecular weight excluding hydrogens is 344 g/mol. The third kappa shape index (κ3) is 2.58. The lowest BCUT2D eigenvalue weighted by Crippen LogP contribution is -2.16. The second-order valence-electron chi connectivity index (χ2n) is 5.95. The molecule has 0 fully saturated rings. The van der Waals surface area contributed by atoms with Gasteiger partial charge >= 0.3 is 0 Å². The van der Waals surface area contributed by atoms with Gasteiger partial charge in [-0.25, -0.2) is 13.4 Å². The largest absolute Gasteiger partial charge is 0.308 e. The summed E-state index contributed by atoms with van der Waals surface area (Å²) in [5.41, 5.74) is 2.61. The summed E-state index contributed by atoms with van der Waals surface area (Å²) in [4.78, 5) is 4.50. The Labute approximate surface area is 144 Å². The van der Waals surface area contributed by atoms with Crippen LogP contribution in [-0.2, 0) is 29.4 Å². The lowest BCUT2D eigenvalue weighted by Gasteiger charge is -2.16. The maximum Gasteiger partial charge on any atom is 0.263 e. The zero-order valence-electron chi connectivity index (χ0n) is 12.9. The van der Waals surface area contributed by atoms with Crippen molar-refractivity contribution in [2.45, 2.75) is 42.3 Å². The topological polar surface area (TPSA) is 87.8 Å². The van der Waals surface area contributed by atoms with Crippen LogP contribution in [0.2, 0.25) is 0 Å². The first-order valence-corrected chi connectivity index (χ1v) is 10.3. The zero-order valence-corrected chi connectivity index (χ0v) is 14.6. The Balaban J connectivity index is 1.68. The summed E-state index contributed by atoms with van der Waals surface area (Å²) in [7, 11) is -3.75. The van der Waals surface area contributed by atoms with Gasteiger partial charge in [0.25, 0.3) is 10.0 Å². The predicted octanol–water partition coefficient (Wildman–Crippen LogP) is 2.54. The van der Waals surface area contributed by atoms with E-state index in [4.69, 9.17) is 0 Å². The summed E-state index contributed by atoms with van der Waals surface area (Å²) in [6.45, 7) is 0.677. The van der Waals surface area contributed by atoms with Gasteiger partial charge in [-0.2, -0.15) is 5.26 Å². The number of aromatic nitrogens is 2. The van der Waals surface area contributed by atoms with Crippen molar-refractivity contribution in [2.24, 2.45) is 0 Å². The molecule has 124 valence electrons. The smallest absolute Gasteiger partial charge is 0.263 e. The molecule has 1 aliphatic carbocycles. The quantitative estimate of drug-likeness (QED) is 0.909. The number of imidazole rings is 1. The number of rotatable bonds is 3. The van der Waals surface area contributed by atoms with Gasteiger partial charge in [-0.1, -0.05) is 17.8 Å². The normalized spacial score (nSPS) is 16.3. The monoisotopic (exact) mass is 360 g/mol. The summed E-state index contributed by atoms with van der Waals surface area (Å²) in [6.07, 6.45) is 4.17. The van der Waals surface area contributed by atoms with Crippen molar-refractivity contribution < 1.29 is 8.42 Å². The van der Waals surface area contributed by atoms with E-state index in [9.17, 15) is 13.7 Å². The van der Waals surface area contributed by atoms with Crippen LogP contribution in [0.15, 0.2) is 28.3 Å². The molecule has 0 spiro atoms. The third-order valence-electron chi connectivity index (χ3n) is 4.45. The number of hydrogen-bond donors (Lipinski definition) is 1. The highest BCUT2D eigenvalue weighted by Crippen LogP contribution is 2.31. The van der Waals surface area contributed by atoms with E-state index in [2.05, 4.69) is 15.8 Å². The van der Waals surface area contributed by atoms with Gasteiger partial charge in [0.1, 0.15) is 6.07 Å². The van der Waals surface area contributed by atoms with Crippen LogP contribution in [0.5, 0.6) is 0 Å². The number of nitriles is 1. The molecule has 8 heteroatoms. The molecule has 0 saturated heterocycles. The van der Waals surface area contributed by atoms with Crippen LogP contribution in [0.25, 0.3) is 0 Å². The number of sulfonamides is 1. The molecule has 0 bridgehead atoms. The van der Waals surface area contributed by atoms with Crippen molar-refractivity contribution in [2.75, 3.05) is 10.5 Å².